The molecule has 0 aliphatic heterocycles. The van der Waals surface area contributed by atoms with Crippen LogP contribution in [0.25, 0.3) is 0 Å². The number of nitrogens with two attached hydrogens (primary N) is 1. The Labute approximate surface area is 105 Å². The van der Waals surface area contributed by atoms with Crippen LogP contribution < -0.4 is 11.1 Å². The molecule has 1 atom stereocenters. The van der Waals surface area contributed by atoms with E-state index < -0.39 is 23.7 Å². The lowest BCUT2D eigenvalue weighted by molar-refractivity contribution is -0.120. The average Bonchev–Trinajstić information content (AvgIpc) is 2.27. The molecule has 0 unspecified atom stereocenters. The lowest BCUT2D eigenvalue weighted by Crippen LogP contribution is -2.45. The van der Waals surface area contributed by atoms with Crippen molar-refractivity contribution in [1.82, 2.24) is 5.32 Å². The van der Waals surface area contributed by atoms with Crippen molar-refractivity contribution in [2.45, 2.75) is 26.3 Å². The van der Waals surface area contributed by atoms with Gasteiger partial charge in [-0.3, -0.25) is 9.59 Å². The Morgan fingerprint density at radius 2 is 1.94 bits per heavy atom. The van der Waals surface area contributed by atoms with Gasteiger partial charge in [-0.15, -0.1) is 0 Å². The second-order valence-corrected chi connectivity index (χ2v) is 4.54. The summed E-state index contributed by atoms with van der Waals surface area (Å²) in [6, 6.07) is 4.82. The van der Waals surface area contributed by atoms with E-state index in [-0.39, 0.29) is 11.5 Å². The molecule has 3 N–H and O–H groups in total. The van der Waals surface area contributed by atoms with Crippen molar-refractivity contribution in [3.8, 4) is 0 Å². The van der Waals surface area contributed by atoms with Crippen LogP contribution in [0.15, 0.2) is 24.3 Å². The topological polar surface area (TPSA) is 72.2 Å². The molecular weight excluding hydrogens is 235 g/mol. The van der Waals surface area contributed by atoms with Gasteiger partial charge in [0.15, 0.2) is 0 Å². The van der Waals surface area contributed by atoms with Crippen LogP contribution in [0, 0.1) is 11.7 Å². The first kappa shape index (κ1) is 14.2. The molecule has 0 bridgehead atoms. The van der Waals surface area contributed by atoms with E-state index in [0.717, 1.165) is 0 Å². The van der Waals surface area contributed by atoms with Crippen molar-refractivity contribution in [2.75, 3.05) is 0 Å². The molecule has 18 heavy (non-hydrogen) atoms. The van der Waals surface area contributed by atoms with Crippen LogP contribution in [0.2, 0.25) is 0 Å². The molecule has 0 saturated heterocycles. The highest BCUT2D eigenvalue weighted by Gasteiger charge is 2.21. The van der Waals surface area contributed by atoms with Crippen LogP contribution in [-0.4, -0.2) is 17.9 Å². The van der Waals surface area contributed by atoms with Gasteiger partial charge < -0.3 is 11.1 Å². The third kappa shape index (κ3) is 3.84. The number of halogens is 1. The summed E-state index contributed by atoms with van der Waals surface area (Å²) in [6.45, 7) is 3.82. The molecule has 0 aliphatic carbocycles. The van der Waals surface area contributed by atoms with E-state index in [1.165, 1.54) is 18.2 Å². The normalized spacial score (nSPS) is 12.2. The average molecular weight is 252 g/mol. The first-order valence-corrected chi connectivity index (χ1v) is 5.76. The van der Waals surface area contributed by atoms with Crippen molar-refractivity contribution < 1.29 is 14.0 Å². The van der Waals surface area contributed by atoms with Gasteiger partial charge in [-0.1, -0.05) is 26.0 Å². The Balaban J connectivity index is 2.79. The fourth-order valence-corrected chi connectivity index (χ4v) is 1.60. The van der Waals surface area contributed by atoms with Crippen LogP contribution >= 0.6 is 0 Å². The molecule has 0 fully saturated rings. The molecule has 2 amide bonds. The minimum Gasteiger partial charge on any atom is -0.368 e. The van der Waals surface area contributed by atoms with E-state index in [4.69, 9.17) is 5.73 Å². The van der Waals surface area contributed by atoms with Crippen molar-refractivity contribution >= 4 is 11.8 Å². The molecule has 5 heteroatoms. The van der Waals surface area contributed by atoms with Crippen molar-refractivity contribution in [3.63, 3.8) is 0 Å². The zero-order valence-corrected chi connectivity index (χ0v) is 10.4. The Kier molecular flexibility index (Phi) is 4.83. The Morgan fingerprint density at radius 1 is 1.33 bits per heavy atom. The Morgan fingerprint density at radius 3 is 2.44 bits per heavy atom. The van der Waals surface area contributed by atoms with Gasteiger partial charge in [0.2, 0.25) is 5.91 Å². The van der Waals surface area contributed by atoms with Gasteiger partial charge in [-0.05, 0) is 24.5 Å². The number of primary amides is 1. The third-order valence-corrected chi connectivity index (χ3v) is 2.47. The first-order valence-electron chi connectivity index (χ1n) is 5.76. The summed E-state index contributed by atoms with van der Waals surface area (Å²) in [6.07, 6.45) is 0.426. The second kappa shape index (κ2) is 6.14. The standard InChI is InChI=1S/C13H17FN2O2/c1-8(2)7-11(12(15)17)16-13(18)9-5-3-4-6-10(9)14/h3-6,8,11H,7H2,1-2H3,(H2,15,17)(H,16,18)/t11-/m1/s1. The minimum absolute atomic E-state index is 0.0903. The minimum atomic E-state index is -0.780. The van der Waals surface area contributed by atoms with E-state index in [9.17, 15) is 14.0 Å². The molecular formula is C13H17FN2O2. The molecule has 0 heterocycles. The zero-order valence-electron chi connectivity index (χ0n) is 10.4. The van der Waals surface area contributed by atoms with Gasteiger partial charge in [0, 0.05) is 0 Å². The van der Waals surface area contributed by atoms with Crippen LogP contribution in [0.5, 0.6) is 0 Å². The molecule has 0 aliphatic rings. The predicted octanol–water partition coefficient (Wildman–Crippen LogP) is 1.46. The van der Waals surface area contributed by atoms with Gasteiger partial charge in [0.1, 0.15) is 11.9 Å². The molecule has 1 rings (SSSR count). The van der Waals surface area contributed by atoms with E-state index in [2.05, 4.69) is 5.32 Å². The molecule has 0 aromatic heterocycles. The molecule has 98 valence electrons. The van der Waals surface area contributed by atoms with Crippen molar-refractivity contribution in [2.24, 2.45) is 11.7 Å². The fourth-order valence-electron chi connectivity index (χ4n) is 1.60. The lowest BCUT2D eigenvalue weighted by Gasteiger charge is -2.17. The van der Waals surface area contributed by atoms with E-state index >= 15 is 0 Å². The highest BCUT2D eigenvalue weighted by atomic mass is 19.1. The fraction of sp³-hybridized carbons (Fsp3) is 0.385. The number of amides is 2. The Hall–Kier alpha value is -1.91. The van der Waals surface area contributed by atoms with Gasteiger partial charge in [0.05, 0.1) is 5.56 Å². The van der Waals surface area contributed by atoms with Crippen LogP contribution in [0.1, 0.15) is 30.6 Å². The quantitative estimate of drug-likeness (QED) is 0.832. The number of nitrogens with one attached hydrogen (secondary N) is 1. The summed E-state index contributed by atoms with van der Waals surface area (Å²) >= 11 is 0. The molecule has 4 nitrogen and oxygen atoms in total. The molecule has 1 aromatic rings. The number of hydrogen-bond acceptors (Lipinski definition) is 2. The number of carbonyl (C=O) groups excluding carboxylic acids is 2. The van der Waals surface area contributed by atoms with E-state index in [1.807, 2.05) is 13.8 Å². The van der Waals surface area contributed by atoms with Crippen molar-refractivity contribution in [1.29, 1.82) is 0 Å². The van der Waals surface area contributed by atoms with Crippen LogP contribution in [0.4, 0.5) is 4.39 Å². The maximum Gasteiger partial charge on any atom is 0.254 e. The van der Waals surface area contributed by atoms with E-state index in [1.54, 1.807) is 6.07 Å². The SMILES string of the molecule is CC(C)C[C@@H](NC(=O)c1ccccc1F)C(N)=O. The number of hydrogen-bond donors (Lipinski definition) is 2. The molecule has 1 aromatic carbocycles. The highest BCUT2D eigenvalue weighted by molar-refractivity contribution is 5.97. The maximum atomic E-state index is 13.4. The highest BCUT2D eigenvalue weighted by Crippen LogP contribution is 2.09. The maximum absolute atomic E-state index is 13.4. The molecule has 0 saturated carbocycles. The van der Waals surface area contributed by atoms with Crippen LogP contribution in [0.3, 0.4) is 0 Å². The summed E-state index contributed by atoms with van der Waals surface area (Å²) in [7, 11) is 0. The largest absolute Gasteiger partial charge is 0.368 e. The zero-order chi connectivity index (χ0) is 13.7. The van der Waals surface area contributed by atoms with Gasteiger partial charge in [-0.25, -0.2) is 4.39 Å². The second-order valence-electron chi connectivity index (χ2n) is 4.54. The predicted molar refractivity (Wildman–Crippen MR) is 66.3 cm³/mol. The number of benzene rings is 1. The molecule has 0 radical (unpaired) electrons. The number of carbonyl (C=O) groups is 2. The van der Waals surface area contributed by atoms with Gasteiger partial charge in [-0.2, -0.15) is 0 Å². The lowest BCUT2D eigenvalue weighted by atomic mass is 10.0. The summed E-state index contributed by atoms with van der Waals surface area (Å²) in [5.41, 5.74) is 5.11. The summed E-state index contributed by atoms with van der Waals surface area (Å²) in [5.74, 6) is -1.67. The monoisotopic (exact) mass is 252 g/mol. The van der Waals surface area contributed by atoms with E-state index in [0.29, 0.717) is 6.42 Å². The third-order valence-electron chi connectivity index (χ3n) is 2.47. The number of rotatable bonds is 5. The van der Waals surface area contributed by atoms with Crippen molar-refractivity contribution in [3.05, 3.63) is 35.6 Å². The Bertz CT molecular complexity index is 446. The summed E-state index contributed by atoms with van der Waals surface area (Å²) in [5, 5.41) is 2.45. The summed E-state index contributed by atoms with van der Waals surface area (Å²) in [4.78, 5) is 23.0. The van der Waals surface area contributed by atoms with Gasteiger partial charge >= 0.3 is 0 Å². The van der Waals surface area contributed by atoms with Crippen LogP contribution in [-0.2, 0) is 4.79 Å². The summed E-state index contributed by atoms with van der Waals surface area (Å²) < 4.78 is 13.4. The molecule has 0 spiro atoms. The smallest absolute Gasteiger partial charge is 0.254 e. The van der Waals surface area contributed by atoms with Gasteiger partial charge in [0.25, 0.3) is 5.91 Å². The first-order chi connectivity index (χ1) is 8.41.